The van der Waals surface area contributed by atoms with Crippen molar-refractivity contribution in [2.75, 3.05) is 0 Å². The fourth-order valence-corrected chi connectivity index (χ4v) is 3.43. The molecule has 1 nitrogen and oxygen atoms in total. The Morgan fingerprint density at radius 3 is 2.71 bits per heavy atom. The molecule has 1 aromatic rings. The molecule has 2 rings (SSSR count). The Morgan fingerprint density at radius 1 is 1.50 bits per heavy atom. The number of thiophene rings is 1. The fraction of sp³-hybridized carbons (Fsp3) is 0.545. The van der Waals surface area contributed by atoms with Crippen molar-refractivity contribution in [3.63, 3.8) is 0 Å². The van der Waals surface area contributed by atoms with Gasteiger partial charge in [0.05, 0.1) is 15.3 Å². The van der Waals surface area contributed by atoms with E-state index in [1.807, 2.05) is 0 Å². The second-order valence-corrected chi connectivity index (χ2v) is 6.23. The van der Waals surface area contributed by atoms with Crippen LogP contribution in [-0.2, 0) is 6.42 Å². The first kappa shape index (κ1) is 10.2. The zero-order valence-corrected chi connectivity index (χ0v) is 10.3. The van der Waals surface area contributed by atoms with Crippen LogP contribution in [0, 0.1) is 16.7 Å². The van der Waals surface area contributed by atoms with Gasteiger partial charge in [-0.05, 0) is 52.2 Å². The third-order valence-corrected chi connectivity index (χ3v) is 4.83. The van der Waals surface area contributed by atoms with Crippen LogP contribution in [-0.4, -0.2) is 0 Å². The predicted octanol–water partition coefficient (Wildman–Crippen LogP) is 4.14. The van der Waals surface area contributed by atoms with E-state index in [1.54, 1.807) is 11.3 Å². The maximum atomic E-state index is 9.24. The molecule has 74 valence electrons. The number of nitrogens with zero attached hydrogens (tertiary/aromatic N) is 1. The predicted molar refractivity (Wildman–Crippen MR) is 62.2 cm³/mol. The fourth-order valence-electron chi connectivity index (χ4n) is 2.19. The quantitative estimate of drug-likeness (QED) is 0.792. The normalized spacial score (nSPS) is 19.4. The van der Waals surface area contributed by atoms with Gasteiger partial charge in [0.15, 0.2) is 0 Å². The Hall–Kier alpha value is -0.330. The van der Waals surface area contributed by atoms with Crippen LogP contribution in [0.25, 0.3) is 0 Å². The highest BCUT2D eigenvalue weighted by atomic mass is 79.9. The molecule has 0 bridgehead atoms. The van der Waals surface area contributed by atoms with E-state index in [1.165, 1.54) is 22.2 Å². The molecule has 0 unspecified atom stereocenters. The van der Waals surface area contributed by atoms with E-state index in [9.17, 15) is 5.26 Å². The van der Waals surface area contributed by atoms with Gasteiger partial charge in [0, 0.05) is 0 Å². The molecule has 0 saturated heterocycles. The van der Waals surface area contributed by atoms with Gasteiger partial charge in [-0.25, -0.2) is 0 Å². The average molecular weight is 270 g/mol. The van der Waals surface area contributed by atoms with E-state index >= 15 is 0 Å². The standard InChI is InChI=1S/C11H12BrNS/c12-10-9(3-6-14-10)7-11(8-13)4-1-2-5-11/h3,6H,1-2,4-5,7H2. The van der Waals surface area contributed by atoms with E-state index in [0.29, 0.717) is 0 Å². The molecule has 1 aliphatic carbocycles. The number of rotatable bonds is 2. The molecular formula is C11H12BrNS. The summed E-state index contributed by atoms with van der Waals surface area (Å²) in [5.74, 6) is 0. The minimum atomic E-state index is -0.0659. The first-order chi connectivity index (χ1) is 6.76. The minimum absolute atomic E-state index is 0.0659. The van der Waals surface area contributed by atoms with Crippen LogP contribution in [0.4, 0.5) is 0 Å². The van der Waals surface area contributed by atoms with Gasteiger partial charge in [-0.3, -0.25) is 0 Å². The van der Waals surface area contributed by atoms with E-state index in [0.717, 1.165) is 19.3 Å². The number of halogens is 1. The van der Waals surface area contributed by atoms with Gasteiger partial charge in [-0.15, -0.1) is 11.3 Å². The summed E-state index contributed by atoms with van der Waals surface area (Å²) in [6, 6.07) is 4.66. The lowest BCUT2D eigenvalue weighted by Crippen LogP contribution is -2.16. The van der Waals surface area contributed by atoms with Crippen LogP contribution < -0.4 is 0 Å². The smallest absolute Gasteiger partial charge is 0.0730 e. The van der Waals surface area contributed by atoms with Gasteiger partial charge in [-0.2, -0.15) is 5.26 Å². The Labute approximate surface area is 96.9 Å². The van der Waals surface area contributed by atoms with Crippen LogP contribution in [0.15, 0.2) is 15.2 Å². The Morgan fingerprint density at radius 2 is 2.21 bits per heavy atom. The van der Waals surface area contributed by atoms with Gasteiger partial charge >= 0.3 is 0 Å². The van der Waals surface area contributed by atoms with E-state index in [4.69, 9.17) is 0 Å². The molecule has 0 radical (unpaired) electrons. The average Bonchev–Trinajstić information content (AvgIpc) is 2.79. The molecule has 1 fully saturated rings. The third kappa shape index (κ3) is 1.87. The Balaban J connectivity index is 2.17. The molecule has 1 heterocycles. The summed E-state index contributed by atoms with van der Waals surface area (Å²) >= 11 is 5.24. The lowest BCUT2D eigenvalue weighted by molar-refractivity contribution is 0.408. The van der Waals surface area contributed by atoms with Crippen LogP contribution in [0.1, 0.15) is 31.2 Å². The van der Waals surface area contributed by atoms with Crippen LogP contribution >= 0.6 is 27.3 Å². The SMILES string of the molecule is N#CC1(Cc2ccsc2Br)CCCC1. The maximum absolute atomic E-state index is 9.24. The summed E-state index contributed by atoms with van der Waals surface area (Å²) in [5.41, 5.74) is 1.24. The van der Waals surface area contributed by atoms with Crippen molar-refractivity contribution in [2.45, 2.75) is 32.1 Å². The molecule has 1 saturated carbocycles. The minimum Gasteiger partial charge on any atom is -0.198 e. The molecule has 0 aliphatic heterocycles. The molecule has 0 N–H and O–H groups in total. The highest BCUT2D eigenvalue weighted by Gasteiger charge is 2.34. The molecule has 0 amide bonds. The topological polar surface area (TPSA) is 23.8 Å². The molecule has 0 spiro atoms. The van der Waals surface area contributed by atoms with Crippen molar-refractivity contribution in [3.05, 3.63) is 20.8 Å². The maximum Gasteiger partial charge on any atom is 0.0730 e. The summed E-state index contributed by atoms with van der Waals surface area (Å²) in [6.45, 7) is 0. The van der Waals surface area contributed by atoms with Crippen LogP contribution in [0.3, 0.4) is 0 Å². The van der Waals surface area contributed by atoms with Crippen LogP contribution in [0.2, 0.25) is 0 Å². The van der Waals surface area contributed by atoms with Crippen molar-refractivity contribution in [1.29, 1.82) is 5.26 Å². The summed E-state index contributed by atoms with van der Waals surface area (Å²) in [5, 5.41) is 11.3. The van der Waals surface area contributed by atoms with Crippen molar-refractivity contribution in [2.24, 2.45) is 5.41 Å². The zero-order chi connectivity index (χ0) is 10.0. The Kier molecular flexibility index (Phi) is 2.94. The molecule has 0 aromatic carbocycles. The van der Waals surface area contributed by atoms with Crippen molar-refractivity contribution in [1.82, 2.24) is 0 Å². The summed E-state index contributed by atoms with van der Waals surface area (Å²) in [6.07, 6.45) is 5.51. The highest BCUT2D eigenvalue weighted by molar-refractivity contribution is 9.11. The van der Waals surface area contributed by atoms with E-state index < -0.39 is 0 Å². The largest absolute Gasteiger partial charge is 0.198 e. The van der Waals surface area contributed by atoms with Crippen molar-refractivity contribution < 1.29 is 0 Å². The molecule has 0 atom stereocenters. The lowest BCUT2D eigenvalue weighted by Gasteiger charge is -2.19. The second kappa shape index (κ2) is 4.04. The first-order valence-electron chi connectivity index (χ1n) is 4.89. The van der Waals surface area contributed by atoms with Gasteiger partial charge in [0.25, 0.3) is 0 Å². The summed E-state index contributed by atoms with van der Waals surface area (Å²) in [4.78, 5) is 0. The van der Waals surface area contributed by atoms with Gasteiger partial charge < -0.3 is 0 Å². The van der Waals surface area contributed by atoms with E-state index in [2.05, 4.69) is 33.4 Å². The van der Waals surface area contributed by atoms with Crippen LogP contribution in [0.5, 0.6) is 0 Å². The summed E-state index contributed by atoms with van der Waals surface area (Å²) in [7, 11) is 0. The number of hydrogen-bond acceptors (Lipinski definition) is 2. The number of hydrogen-bond donors (Lipinski definition) is 0. The summed E-state index contributed by atoms with van der Waals surface area (Å²) < 4.78 is 1.19. The molecular weight excluding hydrogens is 258 g/mol. The molecule has 3 heteroatoms. The molecule has 1 aliphatic rings. The molecule has 14 heavy (non-hydrogen) atoms. The monoisotopic (exact) mass is 269 g/mol. The van der Waals surface area contributed by atoms with Crippen molar-refractivity contribution in [3.8, 4) is 6.07 Å². The number of nitriles is 1. The van der Waals surface area contributed by atoms with E-state index in [-0.39, 0.29) is 5.41 Å². The lowest BCUT2D eigenvalue weighted by atomic mass is 9.82. The van der Waals surface area contributed by atoms with Gasteiger partial charge in [0.2, 0.25) is 0 Å². The second-order valence-electron chi connectivity index (χ2n) is 4.00. The molecule has 1 aromatic heterocycles. The Bertz CT molecular complexity index is 358. The third-order valence-electron chi connectivity index (χ3n) is 3.02. The zero-order valence-electron chi connectivity index (χ0n) is 7.92. The van der Waals surface area contributed by atoms with Gasteiger partial charge in [-0.1, -0.05) is 12.8 Å². The van der Waals surface area contributed by atoms with Crippen molar-refractivity contribution >= 4 is 27.3 Å². The highest BCUT2D eigenvalue weighted by Crippen LogP contribution is 2.42. The first-order valence-corrected chi connectivity index (χ1v) is 6.56. The van der Waals surface area contributed by atoms with Gasteiger partial charge in [0.1, 0.15) is 0 Å².